The first-order chi connectivity index (χ1) is 10.5. The van der Waals surface area contributed by atoms with Gasteiger partial charge in [-0.05, 0) is 42.5 Å². The summed E-state index contributed by atoms with van der Waals surface area (Å²) < 4.78 is 0. The monoisotopic (exact) mass is 317 g/mol. The Morgan fingerprint density at radius 2 is 1.59 bits per heavy atom. The van der Waals surface area contributed by atoms with Crippen molar-refractivity contribution in [2.45, 2.75) is 0 Å². The van der Waals surface area contributed by atoms with Gasteiger partial charge in [-0.15, -0.1) is 0 Å². The van der Waals surface area contributed by atoms with E-state index >= 15 is 0 Å². The van der Waals surface area contributed by atoms with Crippen molar-refractivity contribution in [3.8, 4) is 0 Å². The number of nitrogens with one attached hydrogen (secondary N) is 2. The topological polar surface area (TPSA) is 61.4 Å². The lowest BCUT2D eigenvalue weighted by Crippen LogP contribution is -2.22. The number of amides is 3. The highest BCUT2D eigenvalue weighted by Crippen LogP contribution is 2.16. The molecule has 6 heteroatoms. The Bertz CT molecular complexity index is 684. The summed E-state index contributed by atoms with van der Waals surface area (Å²) in [5.74, 6) is -0.0880. The second kappa shape index (κ2) is 6.95. The van der Waals surface area contributed by atoms with E-state index < -0.39 is 0 Å². The largest absolute Gasteiger partial charge is 0.345 e. The molecule has 0 radical (unpaired) electrons. The van der Waals surface area contributed by atoms with Crippen LogP contribution in [0.1, 0.15) is 10.4 Å². The number of halogens is 1. The molecule has 5 nitrogen and oxygen atoms in total. The summed E-state index contributed by atoms with van der Waals surface area (Å²) in [5.41, 5.74) is 1.75. The van der Waals surface area contributed by atoms with Crippen LogP contribution >= 0.6 is 11.6 Å². The molecule has 2 N–H and O–H groups in total. The predicted molar refractivity (Wildman–Crippen MR) is 88.6 cm³/mol. The Kier molecular flexibility index (Phi) is 5.01. The van der Waals surface area contributed by atoms with Gasteiger partial charge in [0.2, 0.25) is 0 Å². The molecule has 2 rings (SSSR count). The summed E-state index contributed by atoms with van der Waals surface area (Å²) in [6.07, 6.45) is 0. The third kappa shape index (κ3) is 4.23. The van der Waals surface area contributed by atoms with Gasteiger partial charge in [-0.1, -0.05) is 17.7 Å². The molecule has 0 saturated heterocycles. The van der Waals surface area contributed by atoms with Crippen molar-refractivity contribution in [3.05, 3.63) is 59.1 Å². The van der Waals surface area contributed by atoms with Crippen LogP contribution in [0.5, 0.6) is 0 Å². The number of nitrogens with zero attached hydrogens (tertiary/aromatic N) is 1. The molecule has 0 spiro atoms. The fourth-order valence-electron chi connectivity index (χ4n) is 1.81. The van der Waals surface area contributed by atoms with Gasteiger partial charge in [0.1, 0.15) is 0 Å². The standard InChI is InChI=1S/C16H16ClN3O2/c1-20(2)15(21)11-6-8-13(9-7-11)18-16(22)19-14-5-3-4-12(17)10-14/h3-10H,1-2H3,(H2,18,19,22). The minimum absolute atomic E-state index is 0.0880. The Morgan fingerprint density at radius 1 is 0.955 bits per heavy atom. The number of hydrogen-bond acceptors (Lipinski definition) is 2. The van der Waals surface area contributed by atoms with Gasteiger partial charge in [0, 0.05) is 36.1 Å². The molecular weight excluding hydrogens is 302 g/mol. The van der Waals surface area contributed by atoms with Crippen LogP contribution in [-0.4, -0.2) is 30.9 Å². The van der Waals surface area contributed by atoms with E-state index in [4.69, 9.17) is 11.6 Å². The quantitative estimate of drug-likeness (QED) is 0.907. The van der Waals surface area contributed by atoms with Crippen LogP contribution in [0.15, 0.2) is 48.5 Å². The van der Waals surface area contributed by atoms with Gasteiger partial charge in [-0.25, -0.2) is 4.79 Å². The van der Waals surface area contributed by atoms with Crippen LogP contribution in [0.25, 0.3) is 0 Å². The molecule has 114 valence electrons. The molecular formula is C16H16ClN3O2. The summed E-state index contributed by atoms with van der Waals surface area (Å²) in [6, 6.07) is 13.2. The maximum absolute atomic E-state index is 11.9. The third-order valence-corrected chi connectivity index (χ3v) is 3.11. The maximum atomic E-state index is 11.9. The van der Waals surface area contributed by atoms with Crippen molar-refractivity contribution >= 4 is 34.9 Å². The number of anilines is 2. The van der Waals surface area contributed by atoms with E-state index in [1.54, 1.807) is 62.6 Å². The zero-order valence-corrected chi connectivity index (χ0v) is 13.0. The molecule has 2 aromatic rings. The fraction of sp³-hybridized carbons (Fsp3) is 0.125. The van der Waals surface area contributed by atoms with Gasteiger partial charge in [0.25, 0.3) is 5.91 Å². The van der Waals surface area contributed by atoms with E-state index in [9.17, 15) is 9.59 Å². The van der Waals surface area contributed by atoms with Crippen LogP contribution in [0.4, 0.5) is 16.2 Å². The third-order valence-electron chi connectivity index (χ3n) is 2.88. The number of carbonyl (C=O) groups excluding carboxylic acids is 2. The van der Waals surface area contributed by atoms with Crippen LogP contribution in [0.3, 0.4) is 0 Å². The predicted octanol–water partition coefficient (Wildman–Crippen LogP) is 3.69. The van der Waals surface area contributed by atoms with Gasteiger partial charge in [0.15, 0.2) is 0 Å². The summed E-state index contributed by atoms with van der Waals surface area (Å²) in [5, 5.41) is 5.91. The summed E-state index contributed by atoms with van der Waals surface area (Å²) in [4.78, 5) is 25.1. The van der Waals surface area contributed by atoms with E-state index in [0.717, 1.165) is 0 Å². The van der Waals surface area contributed by atoms with Crippen molar-refractivity contribution in [3.63, 3.8) is 0 Å². The van der Waals surface area contributed by atoms with Gasteiger partial charge < -0.3 is 15.5 Å². The molecule has 0 atom stereocenters. The number of rotatable bonds is 3. The Balaban J connectivity index is 1.98. The Labute approximate surface area is 133 Å². The van der Waals surface area contributed by atoms with Gasteiger partial charge in [0.05, 0.1) is 0 Å². The first kappa shape index (κ1) is 15.9. The lowest BCUT2D eigenvalue weighted by molar-refractivity contribution is 0.0827. The van der Waals surface area contributed by atoms with E-state index in [2.05, 4.69) is 10.6 Å². The molecule has 0 bridgehead atoms. The highest BCUT2D eigenvalue weighted by Gasteiger charge is 2.08. The molecule has 0 heterocycles. The SMILES string of the molecule is CN(C)C(=O)c1ccc(NC(=O)Nc2cccc(Cl)c2)cc1. The van der Waals surface area contributed by atoms with Crippen LogP contribution in [-0.2, 0) is 0 Å². The van der Waals surface area contributed by atoms with E-state index in [0.29, 0.717) is 22.0 Å². The first-order valence-electron chi connectivity index (χ1n) is 6.61. The number of carbonyl (C=O) groups is 2. The first-order valence-corrected chi connectivity index (χ1v) is 6.99. The molecule has 0 saturated carbocycles. The lowest BCUT2D eigenvalue weighted by Gasteiger charge is -2.11. The zero-order valence-electron chi connectivity index (χ0n) is 12.3. The molecule has 0 fully saturated rings. The average Bonchev–Trinajstić information content (AvgIpc) is 2.47. The zero-order chi connectivity index (χ0) is 16.1. The summed E-state index contributed by atoms with van der Waals surface area (Å²) in [7, 11) is 3.37. The van der Waals surface area contributed by atoms with E-state index in [1.807, 2.05) is 0 Å². The molecule has 22 heavy (non-hydrogen) atoms. The van der Waals surface area contributed by atoms with Crippen molar-refractivity contribution in [1.82, 2.24) is 4.90 Å². The second-order valence-corrected chi connectivity index (χ2v) is 5.30. The summed E-state index contributed by atoms with van der Waals surface area (Å²) >= 11 is 5.85. The van der Waals surface area contributed by atoms with Gasteiger partial charge >= 0.3 is 6.03 Å². The Morgan fingerprint density at radius 3 is 2.18 bits per heavy atom. The molecule has 0 aliphatic rings. The normalized spacial score (nSPS) is 9.95. The van der Waals surface area contributed by atoms with Gasteiger partial charge in [-0.3, -0.25) is 4.79 Å². The smallest absolute Gasteiger partial charge is 0.323 e. The molecule has 0 aromatic heterocycles. The van der Waals surface area contributed by atoms with Crippen LogP contribution in [0, 0.1) is 0 Å². The average molecular weight is 318 g/mol. The Hall–Kier alpha value is -2.53. The minimum Gasteiger partial charge on any atom is -0.345 e. The maximum Gasteiger partial charge on any atom is 0.323 e. The molecule has 0 aliphatic heterocycles. The lowest BCUT2D eigenvalue weighted by atomic mass is 10.2. The van der Waals surface area contributed by atoms with Crippen molar-refractivity contribution in [2.24, 2.45) is 0 Å². The van der Waals surface area contributed by atoms with Crippen molar-refractivity contribution < 1.29 is 9.59 Å². The van der Waals surface area contributed by atoms with Crippen molar-refractivity contribution in [1.29, 1.82) is 0 Å². The summed E-state index contributed by atoms with van der Waals surface area (Å²) in [6.45, 7) is 0. The van der Waals surface area contributed by atoms with E-state index in [-0.39, 0.29) is 11.9 Å². The van der Waals surface area contributed by atoms with Gasteiger partial charge in [-0.2, -0.15) is 0 Å². The number of benzene rings is 2. The minimum atomic E-state index is -0.381. The van der Waals surface area contributed by atoms with Crippen LogP contribution < -0.4 is 10.6 Å². The number of urea groups is 1. The molecule has 3 amide bonds. The highest BCUT2D eigenvalue weighted by atomic mass is 35.5. The molecule has 2 aromatic carbocycles. The molecule has 0 aliphatic carbocycles. The van der Waals surface area contributed by atoms with Crippen LogP contribution in [0.2, 0.25) is 5.02 Å². The number of hydrogen-bond donors (Lipinski definition) is 2. The fourth-order valence-corrected chi connectivity index (χ4v) is 2.00. The van der Waals surface area contributed by atoms with Crippen molar-refractivity contribution in [2.75, 3.05) is 24.7 Å². The highest BCUT2D eigenvalue weighted by molar-refractivity contribution is 6.30. The van der Waals surface area contributed by atoms with E-state index in [1.165, 1.54) is 4.90 Å². The molecule has 0 unspecified atom stereocenters. The second-order valence-electron chi connectivity index (χ2n) is 4.87.